The number of halogens is 1. The van der Waals surface area contributed by atoms with E-state index in [0.29, 0.717) is 39.9 Å². The zero-order valence-electron chi connectivity index (χ0n) is 16.3. The normalized spacial score (nSPS) is 12.0. The fourth-order valence-electron chi connectivity index (χ4n) is 2.95. The van der Waals surface area contributed by atoms with Crippen LogP contribution in [-0.4, -0.2) is 23.6 Å². The SMILES string of the molecule is O=C(C=Cc1cc(Cl)c2c(c1)OCO2)Nc1cccc(C(=O)NCc2ccccn2)c1. The van der Waals surface area contributed by atoms with E-state index in [1.165, 1.54) is 6.08 Å². The minimum absolute atomic E-state index is 0.120. The maximum atomic E-state index is 12.4. The molecule has 1 aliphatic rings. The fourth-order valence-corrected chi connectivity index (χ4v) is 3.23. The van der Waals surface area contributed by atoms with Crippen molar-refractivity contribution in [3.05, 3.63) is 88.7 Å². The van der Waals surface area contributed by atoms with Gasteiger partial charge in [-0.1, -0.05) is 23.7 Å². The van der Waals surface area contributed by atoms with Crippen LogP contribution >= 0.6 is 11.6 Å². The van der Waals surface area contributed by atoms with Crippen molar-refractivity contribution in [1.29, 1.82) is 0 Å². The summed E-state index contributed by atoms with van der Waals surface area (Å²) >= 11 is 6.15. The molecule has 0 radical (unpaired) electrons. The van der Waals surface area contributed by atoms with E-state index in [1.54, 1.807) is 48.7 Å². The lowest BCUT2D eigenvalue weighted by atomic mass is 10.1. The number of hydrogen-bond acceptors (Lipinski definition) is 5. The first-order chi connectivity index (χ1) is 15.1. The van der Waals surface area contributed by atoms with Gasteiger partial charge in [-0.05, 0) is 54.1 Å². The third-order valence-electron chi connectivity index (χ3n) is 4.43. The Kier molecular flexibility index (Phi) is 6.14. The first-order valence-electron chi connectivity index (χ1n) is 9.45. The first kappa shape index (κ1) is 20.4. The van der Waals surface area contributed by atoms with Gasteiger partial charge in [0.1, 0.15) is 0 Å². The van der Waals surface area contributed by atoms with Crippen LogP contribution in [0.4, 0.5) is 5.69 Å². The Morgan fingerprint density at radius 2 is 2.00 bits per heavy atom. The van der Waals surface area contributed by atoms with E-state index >= 15 is 0 Å². The summed E-state index contributed by atoms with van der Waals surface area (Å²) in [7, 11) is 0. The number of carbonyl (C=O) groups is 2. The summed E-state index contributed by atoms with van der Waals surface area (Å²) in [6.45, 7) is 0.436. The molecule has 4 rings (SSSR count). The van der Waals surface area contributed by atoms with Gasteiger partial charge in [0.2, 0.25) is 12.7 Å². The Morgan fingerprint density at radius 3 is 2.84 bits per heavy atom. The molecule has 7 nitrogen and oxygen atoms in total. The van der Waals surface area contributed by atoms with Gasteiger partial charge in [-0.3, -0.25) is 14.6 Å². The molecule has 0 aliphatic carbocycles. The minimum Gasteiger partial charge on any atom is -0.454 e. The standard InChI is InChI=1S/C23H18ClN3O4/c24-19-10-15(11-20-22(19)31-14-30-20)7-8-21(28)27-17-6-3-4-16(12-17)23(29)26-13-18-5-1-2-9-25-18/h1-12H,13-14H2,(H,26,29)(H,27,28). The summed E-state index contributed by atoms with van der Waals surface area (Å²) in [6, 6.07) is 15.6. The van der Waals surface area contributed by atoms with Crippen LogP contribution in [0.1, 0.15) is 21.6 Å². The van der Waals surface area contributed by atoms with Crippen molar-refractivity contribution in [3.63, 3.8) is 0 Å². The van der Waals surface area contributed by atoms with Crippen LogP contribution in [0, 0.1) is 0 Å². The molecule has 2 aromatic carbocycles. The highest BCUT2D eigenvalue weighted by Crippen LogP contribution is 2.40. The summed E-state index contributed by atoms with van der Waals surface area (Å²) < 4.78 is 10.6. The summed E-state index contributed by atoms with van der Waals surface area (Å²) in [5.74, 6) is 0.436. The van der Waals surface area contributed by atoms with Crippen LogP contribution in [-0.2, 0) is 11.3 Å². The van der Waals surface area contributed by atoms with Crippen molar-refractivity contribution in [2.24, 2.45) is 0 Å². The second kappa shape index (κ2) is 9.32. The molecule has 1 aliphatic heterocycles. The quantitative estimate of drug-likeness (QED) is 0.570. The van der Waals surface area contributed by atoms with Crippen LogP contribution in [0.3, 0.4) is 0 Å². The van der Waals surface area contributed by atoms with Crippen LogP contribution in [0.5, 0.6) is 11.5 Å². The van der Waals surface area contributed by atoms with Gasteiger partial charge >= 0.3 is 0 Å². The van der Waals surface area contributed by atoms with Crippen LogP contribution in [0.25, 0.3) is 6.08 Å². The van der Waals surface area contributed by atoms with E-state index in [9.17, 15) is 9.59 Å². The average Bonchev–Trinajstić information content (AvgIpc) is 3.26. The highest BCUT2D eigenvalue weighted by Gasteiger charge is 2.17. The molecule has 0 spiro atoms. The maximum Gasteiger partial charge on any atom is 0.251 e. The second-order valence-electron chi connectivity index (χ2n) is 6.64. The number of carbonyl (C=O) groups excluding carboxylic acids is 2. The van der Waals surface area contributed by atoms with Gasteiger partial charge in [0.05, 0.1) is 17.3 Å². The van der Waals surface area contributed by atoms with E-state index < -0.39 is 0 Å². The number of hydrogen-bond donors (Lipinski definition) is 2. The highest BCUT2D eigenvalue weighted by atomic mass is 35.5. The minimum atomic E-state index is -0.347. The third-order valence-corrected chi connectivity index (χ3v) is 4.71. The molecule has 2 N–H and O–H groups in total. The third kappa shape index (κ3) is 5.21. The summed E-state index contributed by atoms with van der Waals surface area (Å²) in [4.78, 5) is 28.9. The zero-order chi connectivity index (χ0) is 21.6. The first-order valence-corrected chi connectivity index (χ1v) is 9.83. The van der Waals surface area contributed by atoms with Gasteiger partial charge in [0.15, 0.2) is 11.5 Å². The van der Waals surface area contributed by atoms with E-state index in [0.717, 1.165) is 5.69 Å². The van der Waals surface area contributed by atoms with Gasteiger partial charge in [-0.25, -0.2) is 0 Å². The van der Waals surface area contributed by atoms with Crippen molar-refractivity contribution in [2.75, 3.05) is 12.1 Å². The number of rotatable bonds is 6. The van der Waals surface area contributed by atoms with Gasteiger partial charge in [-0.2, -0.15) is 0 Å². The van der Waals surface area contributed by atoms with Gasteiger partial charge in [-0.15, -0.1) is 0 Å². The van der Waals surface area contributed by atoms with E-state index in [1.807, 2.05) is 18.2 Å². The zero-order valence-corrected chi connectivity index (χ0v) is 17.1. The summed E-state index contributed by atoms with van der Waals surface area (Å²) in [6.07, 6.45) is 4.66. The molecule has 1 aromatic heterocycles. The number of pyridine rings is 1. The second-order valence-corrected chi connectivity index (χ2v) is 7.05. The van der Waals surface area contributed by atoms with Crippen molar-refractivity contribution in [3.8, 4) is 11.5 Å². The smallest absolute Gasteiger partial charge is 0.251 e. The molecular formula is C23H18ClN3O4. The highest BCUT2D eigenvalue weighted by molar-refractivity contribution is 6.32. The number of fused-ring (bicyclic) bond motifs is 1. The molecule has 2 heterocycles. The number of nitrogens with zero attached hydrogens (tertiary/aromatic N) is 1. The number of nitrogens with one attached hydrogen (secondary N) is 2. The number of benzene rings is 2. The molecule has 3 aromatic rings. The Morgan fingerprint density at radius 1 is 1.10 bits per heavy atom. The molecule has 156 valence electrons. The fraction of sp³-hybridized carbons (Fsp3) is 0.0870. The molecule has 0 bridgehead atoms. The Balaban J connectivity index is 1.37. The van der Waals surface area contributed by atoms with Crippen molar-refractivity contribution in [1.82, 2.24) is 10.3 Å². The predicted octanol–water partition coefficient (Wildman–Crippen LogP) is 4.05. The van der Waals surface area contributed by atoms with E-state index in [4.69, 9.17) is 21.1 Å². The van der Waals surface area contributed by atoms with Gasteiger partial charge in [0.25, 0.3) is 5.91 Å². The molecule has 0 atom stereocenters. The lowest BCUT2D eigenvalue weighted by Gasteiger charge is -2.07. The lowest BCUT2D eigenvalue weighted by Crippen LogP contribution is -2.23. The predicted molar refractivity (Wildman–Crippen MR) is 117 cm³/mol. The summed E-state index contributed by atoms with van der Waals surface area (Å²) in [5.41, 5.74) is 2.39. The summed E-state index contributed by atoms with van der Waals surface area (Å²) in [5, 5.41) is 5.96. The molecule has 31 heavy (non-hydrogen) atoms. The molecular weight excluding hydrogens is 418 g/mol. The van der Waals surface area contributed by atoms with Crippen molar-refractivity contribution >= 4 is 35.2 Å². The molecule has 0 saturated heterocycles. The molecule has 0 fully saturated rings. The Labute approximate surface area is 183 Å². The van der Waals surface area contributed by atoms with Gasteiger partial charge < -0.3 is 20.1 Å². The Hall–Kier alpha value is -3.84. The monoisotopic (exact) mass is 435 g/mol. The van der Waals surface area contributed by atoms with Crippen LogP contribution in [0.15, 0.2) is 66.9 Å². The maximum absolute atomic E-state index is 12.4. The lowest BCUT2D eigenvalue weighted by molar-refractivity contribution is -0.111. The number of aromatic nitrogens is 1. The molecule has 2 amide bonds. The van der Waals surface area contributed by atoms with Crippen LogP contribution < -0.4 is 20.1 Å². The topological polar surface area (TPSA) is 89.5 Å². The average molecular weight is 436 g/mol. The van der Waals surface area contributed by atoms with Crippen molar-refractivity contribution in [2.45, 2.75) is 6.54 Å². The van der Waals surface area contributed by atoms with Crippen LogP contribution in [0.2, 0.25) is 5.02 Å². The van der Waals surface area contributed by atoms with Crippen molar-refractivity contribution < 1.29 is 19.1 Å². The molecule has 0 saturated carbocycles. The molecule has 8 heteroatoms. The number of amides is 2. The van der Waals surface area contributed by atoms with E-state index in [-0.39, 0.29) is 18.6 Å². The number of ether oxygens (including phenoxy) is 2. The van der Waals surface area contributed by atoms with E-state index in [2.05, 4.69) is 15.6 Å². The Bertz CT molecular complexity index is 1150. The molecule has 0 unspecified atom stereocenters. The number of anilines is 1. The van der Waals surface area contributed by atoms with Gasteiger partial charge in [0, 0.05) is 23.5 Å². The largest absolute Gasteiger partial charge is 0.454 e.